The molecule has 0 saturated carbocycles. The van der Waals surface area contributed by atoms with Crippen LogP contribution in [0.3, 0.4) is 0 Å². The first kappa shape index (κ1) is 7.64. The van der Waals surface area contributed by atoms with Gasteiger partial charge in [-0.15, -0.1) is 9.24 Å². The molecular formula is C5H9O2P. The fourth-order valence-electron chi connectivity index (χ4n) is 0.270. The largest absolute Gasteiger partial charge is 0.478 e. The van der Waals surface area contributed by atoms with Gasteiger partial charge < -0.3 is 5.11 Å². The zero-order valence-electron chi connectivity index (χ0n) is 4.72. The summed E-state index contributed by atoms with van der Waals surface area (Å²) in [7, 11) is 2.45. The lowest BCUT2D eigenvalue weighted by Gasteiger charge is -1.87. The van der Waals surface area contributed by atoms with E-state index in [4.69, 9.17) is 5.11 Å². The van der Waals surface area contributed by atoms with Gasteiger partial charge in [0.1, 0.15) is 0 Å². The number of carboxylic acids is 1. The minimum absolute atomic E-state index is 0.728. The summed E-state index contributed by atoms with van der Waals surface area (Å²) in [6, 6.07) is 0. The van der Waals surface area contributed by atoms with Crippen molar-refractivity contribution in [1.82, 2.24) is 0 Å². The molecule has 2 nitrogen and oxygen atoms in total. The lowest BCUT2D eigenvalue weighted by Crippen LogP contribution is -1.89. The van der Waals surface area contributed by atoms with Gasteiger partial charge in [-0.05, 0) is 13.1 Å². The Morgan fingerprint density at radius 2 is 2.38 bits per heavy atom. The van der Waals surface area contributed by atoms with Crippen LogP contribution in [0, 0.1) is 0 Å². The number of carboxylic acid groups (broad SMARTS) is 1. The quantitative estimate of drug-likeness (QED) is 0.447. The molecule has 0 aliphatic rings. The summed E-state index contributed by atoms with van der Waals surface area (Å²) in [5.41, 5.74) is 0.863. The highest BCUT2D eigenvalue weighted by molar-refractivity contribution is 7.16. The molecule has 0 aliphatic carbocycles. The Labute approximate surface area is 50.8 Å². The molecule has 0 amide bonds. The molecule has 0 aromatic heterocycles. The summed E-state index contributed by atoms with van der Waals surface area (Å²) in [4.78, 5) is 9.88. The van der Waals surface area contributed by atoms with Gasteiger partial charge in [-0.2, -0.15) is 0 Å². The topological polar surface area (TPSA) is 37.3 Å². The first-order valence-electron chi connectivity index (χ1n) is 2.27. The summed E-state index contributed by atoms with van der Waals surface area (Å²) in [6.07, 6.45) is 1.93. The van der Waals surface area contributed by atoms with E-state index < -0.39 is 5.97 Å². The Bertz CT molecular complexity index is 118. The highest BCUT2D eigenvalue weighted by atomic mass is 31.0. The number of allylic oxidation sites excluding steroid dienone is 1. The van der Waals surface area contributed by atoms with Crippen LogP contribution < -0.4 is 0 Å². The summed E-state index contributed by atoms with van der Waals surface area (Å²) in [5, 5.41) is 8.13. The van der Waals surface area contributed by atoms with E-state index in [0.717, 1.165) is 11.7 Å². The zero-order chi connectivity index (χ0) is 6.57. The number of carbonyl (C=O) groups is 1. The number of hydrogen-bond acceptors (Lipinski definition) is 1. The molecule has 1 atom stereocenters. The van der Waals surface area contributed by atoms with Crippen LogP contribution in [0.1, 0.15) is 6.92 Å². The zero-order valence-corrected chi connectivity index (χ0v) is 5.87. The van der Waals surface area contributed by atoms with E-state index >= 15 is 0 Å². The SMILES string of the molecule is CC(=CC(=O)O)CP. The van der Waals surface area contributed by atoms with Gasteiger partial charge in [-0.1, -0.05) is 5.57 Å². The molecule has 0 saturated heterocycles. The van der Waals surface area contributed by atoms with Gasteiger partial charge in [-0.3, -0.25) is 0 Å². The second kappa shape index (κ2) is 3.62. The lowest BCUT2D eigenvalue weighted by atomic mass is 10.3. The molecule has 3 heteroatoms. The molecule has 0 heterocycles. The Balaban J connectivity index is 3.75. The third-order valence-corrected chi connectivity index (χ3v) is 1.34. The molecule has 46 valence electrons. The van der Waals surface area contributed by atoms with Crippen molar-refractivity contribution in [3.8, 4) is 0 Å². The van der Waals surface area contributed by atoms with Crippen molar-refractivity contribution in [2.75, 3.05) is 6.16 Å². The van der Waals surface area contributed by atoms with E-state index in [-0.39, 0.29) is 0 Å². The Morgan fingerprint density at radius 1 is 1.88 bits per heavy atom. The summed E-state index contributed by atoms with van der Waals surface area (Å²) < 4.78 is 0. The smallest absolute Gasteiger partial charge is 0.328 e. The number of hydrogen-bond donors (Lipinski definition) is 1. The molecule has 0 bridgehead atoms. The van der Waals surface area contributed by atoms with Gasteiger partial charge in [-0.25, -0.2) is 4.79 Å². The maximum Gasteiger partial charge on any atom is 0.328 e. The monoisotopic (exact) mass is 132 g/mol. The van der Waals surface area contributed by atoms with Crippen molar-refractivity contribution in [2.24, 2.45) is 0 Å². The maximum absolute atomic E-state index is 9.88. The van der Waals surface area contributed by atoms with Crippen LogP contribution in [-0.2, 0) is 4.79 Å². The average Bonchev–Trinajstić information content (AvgIpc) is 1.65. The third kappa shape index (κ3) is 3.82. The molecule has 8 heavy (non-hydrogen) atoms. The molecule has 0 rings (SSSR count). The second-order valence-corrected chi connectivity index (χ2v) is 1.94. The van der Waals surface area contributed by atoms with Crippen molar-refractivity contribution in [2.45, 2.75) is 6.92 Å². The predicted octanol–water partition coefficient (Wildman–Crippen LogP) is 0.892. The van der Waals surface area contributed by atoms with E-state index in [2.05, 4.69) is 9.24 Å². The van der Waals surface area contributed by atoms with Gasteiger partial charge in [0.2, 0.25) is 0 Å². The van der Waals surface area contributed by atoms with Crippen molar-refractivity contribution in [3.05, 3.63) is 11.6 Å². The standard InChI is InChI=1S/C5H9O2P/c1-4(3-8)2-5(6)7/h2H,3,8H2,1H3,(H,6,7). The van der Waals surface area contributed by atoms with E-state index in [9.17, 15) is 4.79 Å². The Morgan fingerprint density at radius 3 is 2.50 bits per heavy atom. The molecule has 0 aromatic carbocycles. The van der Waals surface area contributed by atoms with E-state index in [1.54, 1.807) is 6.92 Å². The van der Waals surface area contributed by atoms with E-state index in [1.165, 1.54) is 6.08 Å². The molecule has 0 radical (unpaired) electrons. The predicted molar refractivity (Wildman–Crippen MR) is 36.0 cm³/mol. The van der Waals surface area contributed by atoms with Gasteiger partial charge in [0.05, 0.1) is 0 Å². The normalized spacial score (nSPS) is 11.5. The summed E-state index contributed by atoms with van der Waals surface area (Å²) in [5.74, 6) is -0.870. The fourth-order valence-corrected chi connectivity index (χ4v) is 0.388. The van der Waals surface area contributed by atoms with Crippen molar-refractivity contribution < 1.29 is 9.90 Å². The average molecular weight is 132 g/mol. The molecule has 0 aliphatic heterocycles. The molecule has 1 N–H and O–H groups in total. The van der Waals surface area contributed by atoms with Crippen LogP contribution in [0.25, 0.3) is 0 Å². The van der Waals surface area contributed by atoms with Crippen molar-refractivity contribution in [1.29, 1.82) is 0 Å². The molecule has 0 fully saturated rings. The van der Waals surface area contributed by atoms with Gasteiger partial charge >= 0.3 is 5.97 Å². The highest BCUT2D eigenvalue weighted by Gasteiger charge is 1.88. The van der Waals surface area contributed by atoms with Crippen molar-refractivity contribution >= 4 is 15.2 Å². The van der Waals surface area contributed by atoms with E-state index in [1.807, 2.05) is 0 Å². The maximum atomic E-state index is 9.88. The van der Waals surface area contributed by atoms with Crippen LogP contribution in [0.4, 0.5) is 0 Å². The molecular weight excluding hydrogens is 123 g/mol. The third-order valence-electron chi connectivity index (χ3n) is 0.692. The molecule has 0 aromatic rings. The minimum Gasteiger partial charge on any atom is -0.478 e. The fraction of sp³-hybridized carbons (Fsp3) is 0.400. The van der Waals surface area contributed by atoms with Crippen LogP contribution in [0.5, 0.6) is 0 Å². The van der Waals surface area contributed by atoms with E-state index in [0.29, 0.717) is 0 Å². The summed E-state index contributed by atoms with van der Waals surface area (Å²) >= 11 is 0. The molecule has 1 unspecified atom stereocenters. The number of aliphatic carboxylic acids is 1. The Kier molecular flexibility index (Phi) is 3.46. The van der Waals surface area contributed by atoms with Crippen LogP contribution in [0.15, 0.2) is 11.6 Å². The Hall–Kier alpha value is -0.360. The first-order valence-corrected chi connectivity index (χ1v) is 3.08. The first-order chi connectivity index (χ1) is 3.66. The highest BCUT2D eigenvalue weighted by Crippen LogP contribution is 1.95. The number of rotatable bonds is 2. The van der Waals surface area contributed by atoms with Gasteiger partial charge in [0, 0.05) is 6.08 Å². The summed E-state index contributed by atoms with van der Waals surface area (Å²) in [6.45, 7) is 1.78. The van der Waals surface area contributed by atoms with Gasteiger partial charge in [0.15, 0.2) is 0 Å². The lowest BCUT2D eigenvalue weighted by molar-refractivity contribution is -0.131. The van der Waals surface area contributed by atoms with Crippen LogP contribution in [-0.4, -0.2) is 17.2 Å². The second-order valence-electron chi connectivity index (χ2n) is 1.53. The van der Waals surface area contributed by atoms with Crippen molar-refractivity contribution in [3.63, 3.8) is 0 Å². The van der Waals surface area contributed by atoms with Crippen LogP contribution in [0.2, 0.25) is 0 Å². The molecule has 0 spiro atoms. The van der Waals surface area contributed by atoms with Gasteiger partial charge in [0.25, 0.3) is 0 Å². The minimum atomic E-state index is -0.870. The van der Waals surface area contributed by atoms with Crippen LogP contribution >= 0.6 is 9.24 Å².